The van der Waals surface area contributed by atoms with Gasteiger partial charge >= 0.3 is 5.97 Å². The fraction of sp³-hybridized carbons (Fsp3) is 0.462. The van der Waals surface area contributed by atoms with E-state index in [9.17, 15) is 14.9 Å². The molecule has 110 valence electrons. The van der Waals surface area contributed by atoms with Crippen molar-refractivity contribution in [2.45, 2.75) is 6.42 Å². The zero-order chi connectivity index (χ0) is 15.0. The van der Waals surface area contributed by atoms with E-state index in [1.54, 1.807) is 24.1 Å². The molecule has 20 heavy (non-hydrogen) atoms. The number of non-ortho nitro benzene ring substituents is 1. The third-order valence-corrected chi connectivity index (χ3v) is 2.83. The number of aliphatic carboxylic acids is 1. The lowest BCUT2D eigenvalue weighted by molar-refractivity contribution is -0.384. The summed E-state index contributed by atoms with van der Waals surface area (Å²) in [5, 5.41) is 19.4. The van der Waals surface area contributed by atoms with Crippen LogP contribution in [-0.2, 0) is 16.0 Å². The predicted molar refractivity (Wildman–Crippen MR) is 72.8 cm³/mol. The minimum atomic E-state index is -0.884. The van der Waals surface area contributed by atoms with E-state index >= 15 is 0 Å². The first-order chi connectivity index (χ1) is 9.52. The summed E-state index contributed by atoms with van der Waals surface area (Å²) in [4.78, 5) is 22.6. The van der Waals surface area contributed by atoms with Crippen LogP contribution in [0.3, 0.4) is 0 Å². The van der Waals surface area contributed by atoms with E-state index in [4.69, 9.17) is 9.84 Å². The maximum atomic E-state index is 10.7. The van der Waals surface area contributed by atoms with Gasteiger partial charge in [0.1, 0.15) is 0 Å². The highest BCUT2D eigenvalue weighted by atomic mass is 16.6. The number of hydrogen-bond donors (Lipinski definition) is 1. The molecule has 7 nitrogen and oxygen atoms in total. The minimum Gasteiger partial charge on any atom is -0.480 e. The number of hydrogen-bond acceptors (Lipinski definition) is 5. The van der Waals surface area contributed by atoms with Crippen LogP contribution in [-0.4, -0.2) is 54.3 Å². The van der Waals surface area contributed by atoms with Gasteiger partial charge in [-0.25, -0.2) is 0 Å². The van der Waals surface area contributed by atoms with Gasteiger partial charge in [-0.1, -0.05) is 12.1 Å². The number of methoxy groups -OCH3 is 1. The lowest BCUT2D eigenvalue weighted by Gasteiger charge is -2.19. The van der Waals surface area contributed by atoms with E-state index in [0.717, 1.165) is 5.56 Å². The molecule has 1 aromatic carbocycles. The summed E-state index contributed by atoms with van der Waals surface area (Å²) in [6, 6.07) is 6.28. The fourth-order valence-corrected chi connectivity index (χ4v) is 1.75. The Morgan fingerprint density at radius 3 is 2.50 bits per heavy atom. The topological polar surface area (TPSA) is 92.9 Å². The van der Waals surface area contributed by atoms with E-state index in [0.29, 0.717) is 26.1 Å². The SMILES string of the molecule is COCCN(CCc1ccc([N+](=O)[O-])cc1)CC(=O)O. The molecule has 0 atom stereocenters. The lowest BCUT2D eigenvalue weighted by atomic mass is 10.1. The predicted octanol–water partition coefficient (Wildman–Crippen LogP) is 1.17. The second kappa shape index (κ2) is 8.23. The Morgan fingerprint density at radius 2 is 2.00 bits per heavy atom. The number of ether oxygens (including phenoxy) is 1. The van der Waals surface area contributed by atoms with Crippen LogP contribution in [0, 0.1) is 10.1 Å². The molecule has 1 rings (SSSR count). The van der Waals surface area contributed by atoms with Gasteiger partial charge in [0.05, 0.1) is 18.1 Å². The molecule has 1 N–H and O–H groups in total. The summed E-state index contributed by atoms with van der Waals surface area (Å²) in [5.74, 6) is -0.884. The average molecular weight is 282 g/mol. The van der Waals surface area contributed by atoms with Crippen LogP contribution in [0.15, 0.2) is 24.3 Å². The average Bonchev–Trinajstić information content (AvgIpc) is 2.41. The van der Waals surface area contributed by atoms with E-state index in [2.05, 4.69) is 0 Å². The number of benzene rings is 1. The molecule has 0 aromatic heterocycles. The summed E-state index contributed by atoms with van der Waals surface area (Å²) in [7, 11) is 1.56. The molecule has 0 amide bonds. The minimum absolute atomic E-state index is 0.0453. The molecule has 7 heteroatoms. The van der Waals surface area contributed by atoms with Crippen molar-refractivity contribution in [1.82, 2.24) is 4.90 Å². The Kier molecular flexibility index (Phi) is 6.61. The first-order valence-corrected chi connectivity index (χ1v) is 6.19. The Labute approximate surface area is 116 Å². The standard InChI is InChI=1S/C13H18N2O5/c1-20-9-8-14(10-13(16)17)7-6-11-2-4-12(5-3-11)15(18)19/h2-5H,6-10H2,1H3,(H,16,17). The van der Waals surface area contributed by atoms with Gasteiger partial charge in [-0.05, 0) is 12.0 Å². The quantitative estimate of drug-likeness (QED) is 0.540. The Balaban J connectivity index is 2.52. The second-order valence-electron chi connectivity index (χ2n) is 4.34. The highest BCUT2D eigenvalue weighted by Gasteiger charge is 2.10. The van der Waals surface area contributed by atoms with Crippen LogP contribution < -0.4 is 0 Å². The van der Waals surface area contributed by atoms with Gasteiger partial charge in [0.25, 0.3) is 5.69 Å². The van der Waals surface area contributed by atoms with Gasteiger partial charge in [0.15, 0.2) is 0 Å². The monoisotopic (exact) mass is 282 g/mol. The van der Waals surface area contributed by atoms with Gasteiger partial charge in [0, 0.05) is 32.3 Å². The molecule has 0 saturated carbocycles. The molecule has 0 aliphatic carbocycles. The van der Waals surface area contributed by atoms with Crippen molar-refractivity contribution >= 4 is 11.7 Å². The van der Waals surface area contributed by atoms with Gasteiger partial charge in [-0.3, -0.25) is 19.8 Å². The molecular formula is C13H18N2O5. The Bertz CT molecular complexity index is 447. The van der Waals surface area contributed by atoms with Crippen LogP contribution in [0.1, 0.15) is 5.56 Å². The van der Waals surface area contributed by atoms with E-state index < -0.39 is 10.9 Å². The lowest BCUT2D eigenvalue weighted by Crippen LogP contribution is -2.34. The third-order valence-electron chi connectivity index (χ3n) is 2.83. The van der Waals surface area contributed by atoms with E-state index in [1.807, 2.05) is 0 Å². The number of nitro benzene ring substituents is 1. The number of carboxylic acids is 1. The summed E-state index contributed by atoms with van der Waals surface area (Å²) in [5.41, 5.74) is 0.985. The molecule has 0 fully saturated rings. The van der Waals surface area contributed by atoms with Crippen LogP contribution >= 0.6 is 0 Å². The maximum absolute atomic E-state index is 10.7. The van der Waals surface area contributed by atoms with Gasteiger partial charge in [0.2, 0.25) is 0 Å². The molecule has 0 aliphatic rings. The first kappa shape index (κ1) is 16.1. The largest absolute Gasteiger partial charge is 0.480 e. The van der Waals surface area contributed by atoms with E-state index in [-0.39, 0.29) is 12.2 Å². The van der Waals surface area contributed by atoms with Crippen LogP contribution in [0.25, 0.3) is 0 Å². The Morgan fingerprint density at radius 1 is 1.35 bits per heavy atom. The summed E-state index contributed by atoms with van der Waals surface area (Å²) < 4.78 is 4.94. The number of rotatable bonds is 9. The zero-order valence-corrected chi connectivity index (χ0v) is 11.3. The zero-order valence-electron chi connectivity index (χ0n) is 11.3. The highest BCUT2D eigenvalue weighted by Crippen LogP contribution is 2.12. The summed E-state index contributed by atoms with van der Waals surface area (Å²) in [6.07, 6.45) is 0.634. The number of carbonyl (C=O) groups is 1. The smallest absolute Gasteiger partial charge is 0.317 e. The summed E-state index contributed by atoms with van der Waals surface area (Å²) in [6.45, 7) is 1.52. The van der Waals surface area contributed by atoms with E-state index in [1.165, 1.54) is 12.1 Å². The second-order valence-corrected chi connectivity index (χ2v) is 4.34. The molecule has 0 unspecified atom stereocenters. The number of nitro groups is 1. The highest BCUT2D eigenvalue weighted by molar-refractivity contribution is 5.69. The van der Waals surface area contributed by atoms with Gasteiger partial charge in [-0.2, -0.15) is 0 Å². The van der Waals surface area contributed by atoms with Crippen molar-refractivity contribution in [1.29, 1.82) is 0 Å². The molecule has 0 aliphatic heterocycles. The van der Waals surface area contributed by atoms with Crippen molar-refractivity contribution in [3.8, 4) is 0 Å². The molecular weight excluding hydrogens is 264 g/mol. The molecule has 0 heterocycles. The number of nitrogens with zero attached hydrogens (tertiary/aromatic N) is 2. The fourth-order valence-electron chi connectivity index (χ4n) is 1.75. The molecule has 1 aromatic rings. The Hall–Kier alpha value is -1.99. The van der Waals surface area contributed by atoms with Gasteiger partial charge < -0.3 is 9.84 Å². The van der Waals surface area contributed by atoms with Gasteiger partial charge in [-0.15, -0.1) is 0 Å². The molecule has 0 radical (unpaired) electrons. The van der Waals surface area contributed by atoms with Crippen LogP contribution in [0.4, 0.5) is 5.69 Å². The van der Waals surface area contributed by atoms with Crippen molar-refractivity contribution in [3.05, 3.63) is 39.9 Å². The van der Waals surface area contributed by atoms with Crippen molar-refractivity contribution in [3.63, 3.8) is 0 Å². The van der Waals surface area contributed by atoms with Crippen molar-refractivity contribution < 1.29 is 19.6 Å². The molecule has 0 spiro atoms. The van der Waals surface area contributed by atoms with Crippen molar-refractivity contribution in [2.75, 3.05) is 33.4 Å². The molecule has 0 saturated heterocycles. The van der Waals surface area contributed by atoms with Crippen LogP contribution in [0.5, 0.6) is 0 Å². The normalized spacial score (nSPS) is 10.7. The maximum Gasteiger partial charge on any atom is 0.317 e. The third kappa shape index (κ3) is 5.77. The first-order valence-electron chi connectivity index (χ1n) is 6.19. The molecule has 0 bridgehead atoms. The van der Waals surface area contributed by atoms with Crippen LogP contribution in [0.2, 0.25) is 0 Å². The van der Waals surface area contributed by atoms with Crippen molar-refractivity contribution in [2.24, 2.45) is 0 Å². The number of carboxylic acid groups (broad SMARTS) is 1. The summed E-state index contributed by atoms with van der Waals surface area (Å²) >= 11 is 0.